The minimum absolute atomic E-state index is 0.667. The number of ether oxygens (including phenoxy) is 2. The molecule has 4 aromatic rings. The Balaban J connectivity index is 1.83. The zero-order valence-corrected chi connectivity index (χ0v) is 14.1. The number of hydrogen-bond acceptors (Lipinski definition) is 5. The van der Waals surface area contributed by atoms with Gasteiger partial charge in [0.25, 0.3) is 0 Å². The molecule has 0 radical (unpaired) electrons. The molecule has 0 spiro atoms. The van der Waals surface area contributed by atoms with Crippen LogP contribution in [0.25, 0.3) is 26.6 Å². The van der Waals surface area contributed by atoms with Gasteiger partial charge in [-0.2, -0.15) is 5.10 Å². The van der Waals surface area contributed by atoms with Crippen molar-refractivity contribution in [3.8, 4) is 27.9 Å². The molecule has 0 saturated carbocycles. The van der Waals surface area contributed by atoms with Crippen LogP contribution in [0.5, 0.6) is 11.5 Å². The molecule has 2 aromatic heterocycles. The van der Waals surface area contributed by atoms with Gasteiger partial charge in [-0.3, -0.25) is 0 Å². The van der Waals surface area contributed by atoms with Crippen LogP contribution in [0, 0.1) is 0 Å². The number of fused-ring (bicyclic) bond motifs is 1. The topological polar surface area (TPSA) is 49.2 Å². The predicted octanol–water partition coefficient (Wildman–Crippen LogP) is 4.17. The van der Waals surface area contributed by atoms with Gasteiger partial charge < -0.3 is 9.47 Å². The quantitative estimate of drug-likeness (QED) is 0.561. The van der Waals surface area contributed by atoms with Gasteiger partial charge in [0.1, 0.15) is 10.7 Å². The number of aromatic nitrogens is 3. The van der Waals surface area contributed by atoms with Crippen molar-refractivity contribution in [1.82, 2.24) is 14.8 Å². The number of para-hydroxylation sites is 1. The molecule has 0 aliphatic rings. The number of rotatable bonds is 4. The zero-order valence-electron chi connectivity index (χ0n) is 13.3. The second kappa shape index (κ2) is 5.98. The van der Waals surface area contributed by atoms with E-state index in [1.807, 2.05) is 47.1 Å². The van der Waals surface area contributed by atoms with Crippen molar-refractivity contribution in [2.75, 3.05) is 14.2 Å². The van der Waals surface area contributed by atoms with Crippen LogP contribution in [-0.2, 0) is 0 Å². The number of thiazole rings is 1. The third kappa shape index (κ3) is 2.41. The van der Waals surface area contributed by atoms with Crippen molar-refractivity contribution in [3.63, 3.8) is 0 Å². The Morgan fingerprint density at radius 3 is 2.58 bits per heavy atom. The molecular formula is C18H15N3O2S. The molecule has 2 heterocycles. The average molecular weight is 337 g/mol. The van der Waals surface area contributed by atoms with E-state index in [9.17, 15) is 0 Å². The van der Waals surface area contributed by atoms with E-state index in [4.69, 9.17) is 14.5 Å². The highest BCUT2D eigenvalue weighted by Crippen LogP contribution is 2.33. The molecule has 0 unspecified atom stereocenters. The van der Waals surface area contributed by atoms with Gasteiger partial charge in [0.15, 0.2) is 11.5 Å². The van der Waals surface area contributed by atoms with Gasteiger partial charge in [0.2, 0.25) is 0 Å². The molecule has 0 fully saturated rings. The monoisotopic (exact) mass is 337 g/mol. The molecule has 4 rings (SSSR count). The van der Waals surface area contributed by atoms with Crippen LogP contribution < -0.4 is 9.47 Å². The summed E-state index contributed by atoms with van der Waals surface area (Å²) in [5.41, 5.74) is 2.84. The predicted molar refractivity (Wildman–Crippen MR) is 95.3 cm³/mol. The zero-order chi connectivity index (χ0) is 16.5. The summed E-state index contributed by atoms with van der Waals surface area (Å²) in [4.78, 5) is 4.72. The highest BCUT2D eigenvalue weighted by atomic mass is 32.1. The van der Waals surface area contributed by atoms with Gasteiger partial charge in [0.05, 0.1) is 36.3 Å². The molecular weight excluding hydrogens is 322 g/mol. The van der Waals surface area contributed by atoms with Crippen LogP contribution in [-0.4, -0.2) is 29.0 Å². The average Bonchev–Trinajstić information content (AvgIpc) is 3.27. The summed E-state index contributed by atoms with van der Waals surface area (Å²) in [5.74, 6) is 1.36. The summed E-state index contributed by atoms with van der Waals surface area (Å²) < 4.78 is 13.7. The number of hydrogen-bond donors (Lipinski definition) is 0. The molecule has 120 valence electrons. The van der Waals surface area contributed by atoms with Crippen molar-refractivity contribution in [1.29, 1.82) is 0 Å². The van der Waals surface area contributed by atoms with E-state index in [0.29, 0.717) is 11.5 Å². The first kappa shape index (κ1) is 14.7. The summed E-state index contributed by atoms with van der Waals surface area (Å²) in [6.07, 6.45) is 1.78. The lowest BCUT2D eigenvalue weighted by Gasteiger charge is -2.11. The van der Waals surface area contributed by atoms with Crippen LogP contribution in [0.2, 0.25) is 0 Å². The lowest BCUT2D eigenvalue weighted by molar-refractivity contribution is 0.355. The first-order valence-corrected chi connectivity index (χ1v) is 8.24. The molecule has 6 heteroatoms. The van der Waals surface area contributed by atoms with Crippen molar-refractivity contribution in [2.45, 2.75) is 0 Å². The van der Waals surface area contributed by atoms with Crippen molar-refractivity contribution in [3.05, 3.63) is 54.7 Å². The van der Waals surface area contributed by atoms with Gasteiger partial charge in [-0.1, -0.05) is 12.1 Å². The van der Waals surface area contributed by atoms with E-state index in [1.54, 1.807) is 31.8 Å². The van der Waals surface area contributed by atoms with E-state index in [2.05, 4.69) is 11.2 Å². The Morgan fingerprint density at radius 2 is 1.79 bits per heavy atom. The molecule has 0 aliphatic heterocycles. The van der Waals surface area contributed by atoms with E-state index in [0.717, 1.165) is 26.6 Å². The summed E-state index contributed by atoms with van der Waals surface area (Å²) >= 11 is 1.65. The minimum atomic E-state index is 0.667. The van der Waals surface area contributed by atoms with Gasteiger partial charge >= 0.3 is 0 Å². The Kier molecular flexibility index (Phi) is 3.66. The van der Waals surface area contributed by atoms with Crippen LogP contribution in [0.1, 0.15) is 0 Å². The molecule has 5 nitrogen and oxygen atoms in total. The summed E-state index contributed by atoms with van der Waals surface area (Å²) in [6.45, 7) is 0. The fraction of sp³-hybridized carbons (Fsp3) is 0.111. The van der Waals surface area contributed by atoms with Crippen LogP contribution >= 0.6 is 11.3 Å². The Morgan fingerprint density at radius 1 is 0.958 bits per heavy atom. The lowest BCUT2D eigenvalue weighted by Crippen LogP contribution is -2.00. The highest BCUT2D eigenvalue weighted by Gasteiger charge is 2.14. The van der Waals surface area contributed by atoms with Gasteiger partial charge in [-0.05, 0) is 30.3 Å². The minimum Gasteiger partial charge on any atom is -0.493 e. The molecule has 0 saturated heterocycles. The molecule has 24 heavy (non-hydrogen) atoms. The van der Waals surface area contributed by atoms with E-state index >= 15 is 0 Å². The Bertz CT molecular complexity index is 973. The Labute approximate surface area is 143 Å². The summed E-state index contributed by atoms with van der Waals surface area (Å²) in [6, 6.07) is 15.8. The maximum atomic E-state index is 5.39. The highest BCUT2D eigenvalue weighted by molar-refractivity contribution is 7.21. The standard InChI is InChI=1S/C18H15N3O2S/c1-22-15-8-7-12(11-16(15)23-2)21-14(9-10-19-21)18-20-13-5-3-4-6-17(13)24-18/h3-11H,1-2H3. The lowest BCUT2D eigenvalue weighted by atomic mass is 10.2. The fourth-order valence-electron chi connectivity index (χ4n) is 2.61. The van der Waals surface area contributed by atoms with Crippen LogP contribution in [0.15, 0.2) is 54.7 Å². The van der Waals surface area contributed by atoms with E-state index in [1.165, 1.54) is 0 Å². The first-order chi connectivity index (χ1) is 11.8. The maximum Gasteiger partial charge on any atom is 0.162 e. The van der Waals surface area contributed by atoms with Crippen LogP contribution in [0.3, 0.4) is 0 Å². The fourth-order valence-corrected chi connectivity index (χ4v) is 3.59. The van der Waals surface area contributed by atoms with E-state index in [-0.39, 0.29) is 0 Å². The first-order valence-electron chi connectivity index (χ1n) is 7.42. The third-order valence-electron chi connectivity index (χ3n) is 3.77. The molecule has 0 N–H and O–H groups in total. The van der Waals surface area contributed by atoms with E-state index < -0.39 is 0 Å². The van der Waals surface area contributed by atoms with Crippen molar-refractivity contribution < 1.29 is 9.47 Å². The van der Waals surface area contributed by atoms with Crippen LogP contribution in [0.4, 0.5) is 0 Å². The van der Waals surface area contributed by atoms with Gasteiger partial charge in [-0.15, -0.1) is 11.3 Å². The maximum absolute atomic E-state index is 5.39. The molecule has 0 aliphatic carbocycles. The number of benzene rings is 2. The summed E-state index contributed by atoms with van der Waals surface area (Å²) in [7, 11) is 3.25. The largest absolute Gasteiger partial charge is 0.493 e. The second-order valence-electron chi connectivity index (χ2n) is 5.15. The van der Waals surface area contributed by atoms with Crippen molar-refractivity contribution in [2.24, 2.45) is 0 Å². The second-order valence-corrected chi connectivity index (χ2v) is 6.18. The van der Waals surface area contributed by atoms with Crippen molar-refractivity contribution >= 4 is 21.6 Å². The smallest absolute Gasteiger partial charge is 0.162 e. The number of nitrogens with zero attached hydrogens (tertiary/aromatic N) is 3. The molecule has 0 bridgehead atoms. The third-order valence-corrected chi connectivity index (χ3v) is 4.83. The molecule has 0 atom stereocenters. The number of methoxy groups -OCH3 is 2. The normalized spacial score (nSPS) is 10.9. The van der Waals surface area contributed by atoms with Gasteiger partial charge in [-0.25, -0.2) is 9.67 Å². The Hall–Kier alpha value is -2.86. The molecule has 2 aromatic carbocycles. The molecule has 0 amide bonds. The summed E-state index contributed by atoms with van der Waals surface area (Å²) in [5, 5.41) is 5.38. The SMILES string of the molecule is COc1ccc(-n2nccc2-c2nc3ccccc3s2)cc1OC. The van der Waals surface area contributed by atoms with Gasteiger partial charge in [0, 0.05) is 6.07 Å².